The average molecular weight is 349 g/mol. The van der Waals surface area contributed by atoms with E-state index in [1.807, 2.05) is 30.3 Å². The first-order chi connectivity index (χ1) is 12.6. The number of benzene rings is 2. The van der Waals surface area contributed by atoms with E-state index in [2.05, 4.69) is 5.32 Å². The number of furan rings is 1. The highest BCUT2D eigenvalue weighted by Gasteiger charge is 2.53. The number of carbonyl (C=O) groups excluding carboxylic acids is 1. The molecule has 1 aromatic heterocycles. The Hall–Kier alpha value is -3.12. The summed E-state index contributed by atoms with van der Waals surface area (Å²) in [7, 11) is 0. The number of rotatable bonds is 3. The van der Waals surface area contributed by atoms with Gasteiger partial charge in [0.15, 0.2) is 0 Å². The Morgan fingerprint density at radius 3 is 2.46 bits per heavy atom. The molecule has 6 nitrogen and oxygen atoms in total. The molecule has 6 heteroatoms. The van der Waals surface area contributed by atoms with Crippen molar-refractivity contribution in [2.75, 3.05) is 5.32 Å². The van der Waals surface area contributed by atoms with Crippen molar-refractivity contribution in [1.82, 2.24) is 0 Å². The third-order valence-electron chi connectivity index (χ3n) is 5.13. The molecular weight excluding hydrogens is 334 g/mol. The van der Waals surface area contributed by atoms with Crippen molar-refractivity contribution in [1.29, 1.82) is 0 Å². The predicted molar refractivity (Wildman–Crippen MR) is 94.8 cm³/mol. The van der Waals surface area contributed by atoms with Crippen LogP contribution in [0.25, 0.3) is 21.9 Å². The summed E-state index contributed by atoms with van der Waals surface area (Å²) in [6, 6.07) is 13.2. The molecule has 5 rings (SSSR count). The maximum Gasteiger partial charge on any atom is 0.310 e. The molecule has 2 aliphatic rings. The second kappa shape index (κ2) is 5.44. The fourth-order valence-electron chi connectivity index (χ4n) is 3.94. The first-order valence-electron chi connectivity index (χ1n) is 8.40. The highest BCUT2D eigenvalue weighted by molar-refractivity contribution is 6.06. The summed E-state index contributed by atoms with van der Waals surface area (Å²) in [5.74, 6) is -2.98. The van der Waals surface area contributed by atoms with E-state index in [4.69, 9.17) is 9.15 Å². The first kappa shape index (κ1) is 15.2. The van der Waals surface area contributed by atoms with Crippen LogP contribution in [0.5, 0.6) is 0 Å². The number of aliphatic carboxylic acids is 1. The lowest BCUT2D eigenvalue weighted by atomic mass is 9.82. The summed E-state index contributed by atoms with van der Waals surface area (Å²) >= 11 is 0. The minimum Gasteiger partial charge on any atom is -0.481 e. The maximum absolute atomic E-state index is 12.7. The third-order valence-corrected chi connectivity index (χ3v) is 5.13. The SMILES string of the molecule is O=C(O)C1C2C=CC(O2)C1C(=O)Nc1ccc2c(c1)oc1ccccc12. The zero-order valence-electron chi connectivity index (χ0n) is 13.6. The van der Waals surface area contributed by atoms with Crippen molar-refractivity contribution in [3.8, 4) is 0 Å². The van der Waals surface area contributed by atoms with Crippen molar-refractivity contribution in [3.63, 3.8) is 0 Å². The van der Waals surface area contributed by atoms with Gasteiger partial charge in [-0.05, 0) is 18.2 Å². The lowest BCUT2D eigenvalue weighted by Gasteiger charge is -2.20. The highest BCUT2D eigenvalue weighted by Crippen LogP contribution is 2.40. The normalized spacial score (nSPS) is 26.6. The van der Waals surface area contributed by atoms with Crippen LogP contribution < -0.4 is 5.32 Å². The molecule has 0 radical (unpaired) electrons. The van der Waals surface area contributed by atoms with Crippen LogP contribution in [-0.2, 0) is 14.3 Å². The zero-order valence-corrected chi connectivity index (χ0v) is 13.6. The number of ether oxygens (including phenoxy) is 1. The van der Waals surface area contributed by atoms with Gasteiger partial charge < -0.3 is 19.6 Å². The fourth-order valence-corrected chi connectivity index (χ4v) is 3.94. The van der Waals surface area contributed by atoms with Gasteiger partial charge in [-0.2, -0.15) is 0 Å². The van der Waals surface area contributed by atoms with Crippen LogP contribution in [0, 0.1) is 11.8 Å². The summed E-state index contributed by atoms with van der Waals surface area (Å²) < 4.78 is 11.4. The minimum absolute atomic E-state index is 0.357. The van der Waals surface area contributed by atoms with Crippen molar-refractivity contribution < 1.29 is 23.8 Å². The second-order valence-electron chi connectivity index (χ2n) is 6.64. The summed E-state index contributed by atoms with van der Waals surface area (Å²) in [5.41, 5.74) is 2.02. The summed E-state index contributed by atoms with van der Waals surface area (Å²) in [6.45, 7) is 0. The summed E-state index contributed by atoms with van der Waals surface area (Å²) in [6.07, 6.45) is 2.45. The second-order valence-corrected chi connectivity index (χ2v) is 6.64. The van der Waals surface area contributed by atoms with Crippen LogP contribution in [0.3, 0.4) is 0 Å². The van der Waals surface area contributed by atoms with E-state index in [0.29, 0.717) is 11.3 Å². The van der Waals surface area contributed by atoms with Gasteiger partial charge in [-0.3, -0.25) is 9.59 Å². The molecule has 26 heavy (non-hydrogen) atoms. The van der Waals surface area contributed by atoms with Crippen molar-refractivity contribution in [2.45, 2.75) is 12.2 Å². The van der Waals surface area contributed by atoms with Crippen LogP contribution in [-0.4, -0.2) is 29.2 Å². The van der Waals surface area contributed by atoms with Crippen LogP contribution in [0.15, 0.2) is 59.0 Å². The van der Waals surface area contributed by atoms with Gasteiger partial charge in [0.2, 0.25) is 5.91 Å². The molecule has 0 spiro atoms. The smallest absolute Gasteiger partial charge is 0.310 e. The topological polar surface area (TPSA) is 88.8 Å². The number of fused-ring (bicyclic) bond motifs is 5. The monoisotopic (exact) mass is 349 g/mol. The van der Waals surface area contributed by atoms with E-state index in [1.54, 1.807) is 24.3 Å². The number of hydrogen-bond acceptors (Lipinski definition) is 4. The van der Waals surface area contributed by atoms with E-state index >= 15 is 0 Å². The molecule has 1 fully saturated rings. The van der Waals surface area contributed by atoms with Gasteiger partial charge in [-0.1, -0.05) is 30.4 Å². The average Bonchev–Trinajstić information content (AvgIpc) is 3.33. The molecule has 1 saturated heterocycles. The molecule has 2 aliphatic heterocycles. The van der Waals surface area contributed by atoms with Crippen LogP contribution in [0.1, 0.15) is 0 Å². The number of para-hydroxylation sites is 1. The van der Waals surface area contributed by atoms with Gasteiger partial charge in [0.1, 0.15) is 17.1 Å². The number of carboxylic acid groups (broad SMARTS) is 1. The quantitative estimate of drug-likeness (QED) is 0.709. The Kier molecular flexibility index (Phi) is 3.17. The molecule has 0 aliphatic carbocycles. The van der Waals surface area contributed by atoms with Gasteiger partial charge in [0, 0.05) is 22.5 Å². The molecule has 130 valence electrons. The largest absolute Gasteiger partial charge is 0.481 e. The standard InChI is InChI=1S/C20H15NO5/c22-19(17-14-7-8-15(26-14)18(17)20(23)24)21-10-5-6-12-11-3-1-2-4-13(11)25-16(12)9-10/h1-9,14-15,17-18H,(H,21,22)(H,23,24). The van der Waals surface area contributed by atoms with Gasteiger partial charge in [0.05, 0.1) is 18.1 Å². The fraction of sp³-hybridized carbons (Fsp3) is 0.200. The van der Waals surface area contributed by atoms with Crippen LogP contribution in [0.2, 0.25) is 0 Å². The molecule has 0 saturated carbocycles. The molecule has 4 unspecified atom stereocenters. The van der Waals surface area contributed by atoms with E-state index in [1.165, 1.54) is 0 Å². The number of anilines is 1. The lowest BCUT2D eigenvalue weighted by Crippen LogP contribution is -2.39. The summed E-state index contributed by atoms with van der Waals surface area (Å²) in [4.78, 5) is 24.2. The van der Waals surface area contributed by atoms with Crippen LogP contribution >= 0.6 is 0 Å². The Morgan fingerprint density at radius 2 is 1.65 bits per heavy atom. The van der Waals surface area contributed by atoms with Gasteiger partial charge in [-0.25, -0.2) is 0 Å². The van der Waals surface area contributed by atoms with Crippen molar-refractivity contribution >= 4 is 39.5 Å². The highest BCUT2D eigenvalue weighted by atomic mass is 16.5. The predicted octanol–water partition coefficient (Wildman–Crippen LogP) is 3.18. The molecule has 3 heterocycles. The molecule has 2 N–H and O–H groups in total. The lowest BCUT2D eigenvalue weighted by molar-refractivity contribution is -0.145. The Bertz CT molecular complexity index is 1080. The van der Waals surface area contributed by atoms with Crippen molar-refractivity contribution in [2.24, 2.45) is 11.8 Å². The van der Waals surface area contributed by atoms with E-state index in [0.717, 1.165) is 16.4 Å². The van der Waals surface area contributed by atoms with Gasteiger partial charge >= 0.3 is 5.97 Å². The third kappa shape index (κ3) is 2.16. The van der Waals surface area contributed by atoms with E-state index in [9.17, 15) is 14.7 Å². The molecule has 4 atom stereocenters. The Balaban J connectivity index is 1.45. The molecule has 1 amide bonds. The molecular formula is C20H15NO5. The Morgan fingerprint density at radius 1 is 0.923 bits per heavy atom. The van der Waals surface area contributed by atoms with Crippen molar-refractivity contribution in [3.05, 3.63) is 54.6 Å². The van der Waals surface area contributed by atoms with Crippen LogP contribution in [0.4, 0.5) is 5.69 Å². The van der Waals surface area contributed by atoms with E-state index in [-0.39, 0.29) is 5.91 Å². The number of carboxylic acids is 1. The number of carbonyl (C=O) groups is 2. The van der Waals surface area contributed by atoms with E-state index < -0.39 is 30.0 Å². The molecule has 2 bridgehead atoms. The van der Waals surface area contributed by atoms with Gasteiger partial charge in [0.25, 0.3) is 0 Å². The zero-order chi connectivity index (χ0) is 17.8. The van der Waals surface area contributed by atoms with Gasteiger partial charge in [-0.15, -0.1) is 0 Å². The Labute approximate surface area is 148 Å². The molecule has 2 aromatic carbocycles. The maximum atomic E-state index is 12.7. The molecule has 3 aromatic rings. The minimum atomic E-state index is -1.02. The first-order valence-corrected chi connectivity index (χ1v) is 8.40. The number of nitrogens with one attached hydrogen (secondary N) is 1. The summed E-state index contributed by atoms with van der Waals surface area (Å²) in [5, 5.41) is 14.2. The number of hydrogen-bond donors (Lipinski definition) is 2. The number of amides is 1.